The van der Waals surface area contributed by atoms with Crippen LogP contribution in [0.5, 0.6) is 0 Å². The van der Waals surface area contributed by atoms with Crippen LogP contribution in [0.2, 0.25) is 0 Å². The summed E-state index contributed by atoms with van der Waals surface area (Å²) in [5.41, 5.74) is 0. The first kappa shape index (κ1) is 15.0. The maximum absolute atomic E-state index is 11.5. The van der Waals surface area contributed by atoms with E-state index in [0.29, 0.717) is 11.3 Å². The highest BCUT2D eigenvalue weighted by Crippen LogP contribution is 2.20. The van der Waals surface area contributed by atoms with Crippen molar-refractivity contribution in [1.82, 2.24) is 15.5 Å². The highest BCUT2D eigenvalue weighted by Gasteiger charge is 2.24. The van der Waals surface area contributed by atoms with Gasteiger partial charge < -0.3 is 10.4 Å². The Morgan fingerprint density at radius 2 is 2.11 bits per heavy atom. The average molecular weight is 306 g/mol. The number of amides is 2. The zero-order valence-corrected chi connectivity index (χ0v) is 11.1. The number of nitrogens with one attached hydrogen (secondary N) is 2. The number of carbonyl (C=O) groups is 2. The molecule has 1 heterocycles. The van der Waals surface area contributed by atoms with Gasteiger partial charge >= 0.3 is 12.0 Å². The van der Waals surface area contributed by atoms with Crippen molar-refractivity contribution in [3.05, 3.63) is 12.7 Å². The summed E-state index contributed by atoms with van der Waals surface area (Å²) in [6.45, 7) is 3.63. The van der Waals surface area contributed by atoms with Crippen LogP contribution in [-0.2, 0) is 14.6 Å². The van der Waals surface area contributed by atoms with Crippen molar-refractivity contribution in [2.24, 2.45) is 0 Å². The molecule has 0 aliphatic heterocycles. The number of carbonyl (C=O) groups excluding carboxylic acids is 1. The molecular formula is C8H10N4O5S2. The normalized spacial score (nSPS) is 10.7. The van der Waals surface area contributed by atoms with E-state index in [4.69, 9.17) is 5.11 Å². The zero-order chi connectivity index (χ0) is 14.5. The van der Waals surface area contributed by atoms with E-state index in [9.17, 15) is 18.0 Å². The Balaban J connectivity index is 2.74. The molecule has 3 N–H and O–H groups in total. The van der Waals surface area contributed by atoms with Crippen LogP contribution < -0.4 is 10.6 Å². The minimum absolute atomic E-state index is 0.0504. The van der Waals surface area contributed by atoms with E-state index < -0.39 is 31.9 Å². The Morgan fingerprint density at radius 1 is 1.42 bits per heavy atom. The van der Waals surface area contributed by atoms with Gasteiger partial charge in [-0.3, -0.25) is 10.1 Å². The van der Waals surface area contributed by atoms with Crippen molar-refractivity contribution >= 4 is 38.3 Å². The molecule has 0 fully saturated rings. The summed E-state index contributed by atoms with van der Waals surface area (Å²) in [5, 5.41) is 19.8. The molecule has 0 spiro atoms. The third-order valence-corrected chi connectivity index (χ3v) is 4.50. The van der Waals surface area contributed by atoms with Gasteiger partial charge in [0.05, 0.1) is 0 Å². The average Bonchev–Trinajstić information content (AvgIpc) is 2.73. The van der Waals surface area contributed by atoms with Crippen LogP contribution in [-0.4, -0.2) is 48.0 Å². The molecule has 0 atom stereocenters. The lowest BCUT2D eigenvalue weighted by atomic mass is 10.6. The van der Waals surface area contributed by atoms with E-state index in [2.05, 4.69) is 27.4 Å². The van der Waals surface area contributed by atoms with E-state index in [0.717, 1.165) is 0 Å². The Bertz CT molecular complexity index is 594. The lowest BCUT2D eigenvalue weighted by Crippen LogP contribution is -2.28. The first-order valence-electron chi connectivity index (χ1n) is 4.79. The largest absolute Gasteiger partial charge is 0.480 e. The number of aliphatic carboxylic acids is 1. The molecule has 0 saturated heterocycles. The molecule has 1 rings (SSSR count). The SMILES string of the molecule is C=CCNC(=O)Nc1nnc(S(=O)(=O)CC(=O)O)s1. The molecule has 1 aromatic rings. The van der Waals surface area contributed by atoms with Gasteiger partial charge in [0.15, 0.2) is 5.75 Å². The number of hydrogen-bond donors (Lipinski definition) is 3. The molecule has 9 nitrogen and oxygen atoms in total. The van der Waals surface area contributed by atoms with Gasteiger partial charge in [0.2, 0.25) is 19.3 Å². The number of carboxylic acids is 1. The topological polar surface area (TPSA) is 138 Å². The van der Waals surface area contributed by atoms with Gasteiger partial charge in [0.25, 0.3) is 0 Å². The molecule has 0 unspecified atom stereocenters. The van der Waals surface area contributed by atoms with Crippen LogP contribution in [0, 0.1) is 0 Å². The standard InChI is InChI=1S/C8H10N4O5S2/c1-2-3-9-6(15)10-7-11-12-8(18-7)19(16,17)4-5(13)14/h2H,1,3-4H2,(H,13,14)(H2,9,10,11,15). The Labute approximate surface area is 112 Å². The predicted molar refractivity (Wildman–Crippen MR) is 66.8 cm³/mol. The molecule has 1 aromatic heterocycles. The summed E-state index contributed by atoms with van der Waals surface area (Å²) in [7, 11) is -4.03. The summed E-state index contributed by atoms with van der Waals surface area (Å²) in [4.78, 5) is 21.6. The second-order valence-electron chi connectivity index (χ2n) is 3.15. The number of nitrogens with zero attached hydrogens (tertiary/aromatic N) is 2. The number of sulfone groups is 1. The fraction of sp³-hybridized carbons (Fsp3) is 0.250. The van der Waals surface area contributed by atoms with E-state index >= 15 is 0 Å². The highest BCUT2D eigenvalue weighted by molar-refractivity contribution is 7.94. The smallest absolute Gasteiger partial charge is 0.321 e. The van der Waals surface area contributed by atoms with Gasteiger partial charge in [-0.1, -0.05) is 17.4 Å². The molecule has 0 saturated carbocycles. The van der Waals surface area contributed by atoms with Crippen molar-refractivity contribution in [3.8, 4) is 0 Å². The summed E-state index contributed by atoms with van der Waals surface area (Å²) in [6.07, 6.45) is 1.46. The van der Waals surface area contributed by atoms with Crippen LogP contribution in [0.4, 0.5) is 9.93 Å². The summed E-state index contributed by atoms with van der Waals surface area (Å²) >= 11 is 0.572. The zero-order valence-electron chi connectivity index (χ0n) is 9.49. The van der Waals surface area contributed by atoms with Crippen LogP contribution >= 0.6 is 11.3 Å². The van der Waals surface area contributed by atoms with Crippen molar-refractivity contribution < 1.29 is 23.1 Å². The first-order valence-corrected chi connectivity index (χ1v) is 7.26. The van der Waals surface area contributed by atoms with Crippen LogP contribution in [0.15, 0.2) is 17.0 Å². The monoisotopic (exact) mass is 306 g/mol. The number of anilines is 1. The van der Waals surface area contributed by atoms with Gasteiger partial charge in [0.1, 0.15) is 0 Å². The Kier molecular flexibility index (Phi) is 4.94. The Morgan fingerprint density at radius 3 is 2.68 bits per heavy atom. The molecule has 11 heteroatoms. The van der Waals surface area contributed by atoms with Crippen molar-refractivity contribution in [3.63, 3.8) is 0 Å². The van der Waals surface area contributed by atoms with Gasteiger partial charge in [-0.05, 0) is 0 Å². The number of hydrogen-bond acceptors (Lipinski definition) is 7. The molecule has 2 amide bonds. The maximum atomic E-state index is 11.5. The molecular weight excluding hydrogens is 296 g/mol. The summed E-state index contributed by atoms with van der Waals surface area (Å²) in [6, 6.07) is -0.599. The van der Waals surface area contributed by atoms with Crippen LogP contribution in [0.3, 0.4) is 0 Å². The second-order valence-corrected chi connectivity index (χ2v) is 6.29. The fourth-order valence-corrected chi connectivity index (χ4v) is 2.92. The van der Waals surface area contributed by atoms with Gasteiger partial charge in [0, 0.05) is 6.54 Å². The number of aromatic nitrogens is 2. The quantitative estimate of drug-likeness (QED) is 0.484. The number of carboxylic acid groups (broad SMARTS) is 1. The lowest BCUT2D eigenvalue weighted by molar-refractivity contribution is -0.134. The van der Waals surface area contributed by atoms with E-state index in [1.54, 1.807) is 0 Å². The fourth-order valence-electron chi connectivity index (χ4n) is 0.916. The molecule has 104 valence electrons. The third kappa shape index (κ3) is 4.63. The van der Waals surface area contributed by atoms with E-state index in [1.165, 1.54) is 6.08 Å². The van der Waals surface area contributed by atoms with Crippen LogP contribution in [0.25, 0.3) is 0 Å². The molecule has 19 heavy (non-hydrogen) atoms. The molecule has 0 aromatic carbocycles. The molecule has 0 aliphatic carbocycles. The van der Waals surface area contributed by atoms with Crippen molar-refractivity contribution in [1.29, 1.82) is 0 Å². The van der Waals surface area contributed by atoms with Crippen molar-refractivity contribution in [2.45, 2.75) is 4.34 Å². The third-order valence-electron chi connectivity index (χ3n) is 1.61. The van der Waals surface area contributed by atoms with Crippen LogP contribution in [0.1, 0.15) is 0 Å². The van der Waals surface area contributed by atoms with Gasteiger partial charge in [-0.15, -0.1) is 16.8 Å². The van der Waals surface area contributed by atoms with Gasteiger partial charge in [-0.25, -0.2) is 13.2 Å². The minimum atomic E-state index is -4.03. The van der Waals surface area contributed by atoms with E-state index in [1.807, 2.05) is 0 Å². The number of urea groups is 1. The molecule has 0 radical (unpaired) electrons. The summed E-state index contributed by atoms with van der Waals surface area (Å²) in [5.74, 6) is -2.57. The molecule has 0 bridgehead atoms. The first-order chi connectivity index (χ1) is 8.85. The van der Waals surface area contributed by atoms with Crippen molar-refractivity contribution in [2.75, 3.05) is 17.6 Å². The van der Waals surface area contributed by atoms with E-state index in [-0.39, 0.29) is 11.7 Å². The lowest BCUT2D eigenvalue weighted by Gasteiger charge is -2.00. The predicted octanol–water partition coefficient (Wildman–Crippen LogP) is -0.296. The van der Waals surface area contributed by atoms with Gasteiger partial charge in [-0.2, -0.15) is 0 Å². The maximum Gasteiger partial charge on any atom is 0.321 e. The molecule has 0 aliphatic rings. The second kappa shape index (κ2) is 6.24. The minimum Gasteiger partial charge on any atom is -0.480 e. The summed E-state index contributed by atoms with van der Waals surface area (Å²) < 4.78 is 22.5. The highest BCUT2D eigenvalue weighted by atomic mass is 32.2. The Hall–Kier alpha value is -2.01. The number of rotatable bonds is 6.